The first kappa shape index (κ1) is 18.9. The number of benzene rings is 1. The molecule has 0 spiro atoms. The van der Waals surface area contributed by atoms with Crippen molar-refractivity contribution >= 4 is 11.9 Å². The Kier molecular flexibility index (Phi) is 5.76. The van der Waals surface area contributed by atoms with Crippen LogP contribution in [0.25, 0.3) is 0 Å². The number of nitrogens with zero attached hydrogens (tertiary/aromatic N) is 1. The first-order valence-corrected chi connectivity index (χ1v) is 7.62. The van der Waals surface area contributed by atoms with Crippen LogP contribution < -0.4 is 9.47 Å². The van der Waals surface area contributed by atoms with Crippen molar-refractivity contribution in [2.75, 3.05) is 19.8 Å². The van der Waals surface area contributed by atoms with E-state index in [1.165, 1.54) is 23.1 Å². The molecule has 9 heteroatoms. The summed E-state index contributed by atoms with van der Waals surface area (Å²) in [7, 11) is 0. The third-order valence-corrected chi connectivity index (χ3v) is 3.98. The molecule has 0 aliphatic carbocycles. The molecule has 1 aromatic rings. The summed E-state index contributed by atoms with van der Waals surface area (Å²) >= 11 is 0. The molecule has 1 amide bonds. The molecule has 25 heavy (non-hydrogen) atoms. The molecular formula is C16H18F3NO5. The van der Waals surface area contributed by atoms with E-state index >= 15 is 0 Å². The number of amides is 1. The largest absolute Gasteiger partial charge is 0.481 e. The Labute approximate surface area is 142 Å². The zero-order valence-corrected chi connectivity index (χ0v) is 13.5. The van der Waals surface area contributed by atoms with Crippen molar-refractivity contribution in [3.63, 3.8) is 0 Å². The molecule has 1 N–H and O–H groups in total. The number of para-hydroxylation sites is 2. The van der Waals surface area contributed by atoms with Crippen LogP contribution in [-0.4, -0.2) is 53.9 Å². The highest BCUT2D eigenvalue weighted by atomic mass is 19.4. The number of halogens is 3. The van der Waals surface area contributed by atoms with E-state index in [4.69, 9.17) is 9.84 Å². The van der Waals surface area contributed by atoms with Crippen LogP contribution in [0.5, 0.6) is 11.5 Å². The quantitative estimate of drug-likeness (QED) is 0.842. The Balaban J connectivity index is 1.95. The lowest BCUT2D eigenvalue weighted by atomic mass is 10.0. The van der Waals surface area contributed by atoms with Gasteiger partial charge in [-0.3, -0.25) is 9.59 Å². The minimum absolute atomic E-state index is 0.0155. The summed E-state index contributed by atoms with van der Waals surface area (Å²) < 4.78 is 46.8. The summed E-state index contributed by atoms with van der Waals surface area (Å²) in [5.41, 5.74) is 0. The second-order valence-electron chi connectivity index (χ2n) is 5.70. The average Bonchev–Trinajstić information content (AvgIpc) is 2.92. The highest BCUT2D eigenvalue weighted by Gasteiger charge is 2.38. The van der Waals surface area contributed by atoms with Gasteiger partial charge >= 0.3 is 12.1 Å². The zero-order valence-electron chi connectivity index (χ0n) is 13.5. The van der Waals surface area contributed by atoms with Crippen molar-refractivity contribution in [3.05, 3.63) is 24.3 Å². The predicted molar refractivity (Wildman–Crippen MR) is 80.4 cm³/mol. The fourth-order valence-corrected chi connectivity index (χ4v) is 2.69. The first-order chi connectivity index (χ1) is 11.7. The molecule has 0 saturated carbocycles. The number of hydrogen-bond acceptors (Lipinski definition) is 4. The Bertz CT molecular complexity index is 634. The van der Waals surface area contributed by atoms with Crippen LogP contribution in [0.1, 0.15) is 13.3 Å². The zero-order chi connectivity index (χ0) is 18.6. The first-order valence-electron chi connectivity index (χ1n) is 7.62. The van der Waals surface area contributed by atoms with Gasteiger partial charge in [-0.2, -0.15) is 13.2 Å². The molecule has 1 heterocycles. The molecule has 1 aliphatic rings. The lowest BCUT2D eigenvalue weighted by Gasteiger charge is -2.23. The van der Waals surface area contributed by atoms with Crippen LogP contribution in [0.2, 0.25) is 0 Å². The Hall–Kier alpha value is -2.45. The van der Waals surface area contributed by atoms with Crippen molar-refractivity contribution in [2.24, 2.45) is 5.92 Å². The fraction of sp³-hybridized carbons (Fsp3) is 0.500. The second-order valence-corrected chi connectivity index (χ2v) is 5.70. The number of carboxylic acids is 1. The SMILES string of the molecule is CC1C(C(=O)O)CCN1C(=O)COc1ccccc1OCC(F)(F)F. The second kappa shape index (κ2) is 7.62. The summed E-state index contributed by atoms with van der Waals surface area (Å²) in [6.45, 7) is 0.0600. The van der Waals surface area contributed by atoms with E-state index in [-0.39, 0.29) is 11.5 Å². The third-order valence-electron chi connectivity index (χ3n) is 3.98. The van der Waals surface area contributed by atoms with Gasteiger partial charge in [0, 0.05) is 12.6 Å². The number of alkyl halides is 3. The number of hydrogen-bond donors (Lipinski definition) is 1. The predicted octanol–water partition coefficient (Wildman–Crippen LogP) is 2.33. The minimum atomic E-state index is -4.49. The van der Waals surface area contributed by atoms with E-state index in [1.54, 1.807) is 13.0 Å². The Morgan fingerprint density at radius 1 is 1.24 bits per heavy atom. The average molecular weight is 361 g/mol. The van der Waals surface area contributed by atoms with Crippen LogP contribution in [0.4, 0.5) is 13.2 Å². The van der Waals surface area contributed by atoms with Gasteiger partial charge < -0.3 is 19.5 Å². The molecule has 138 valence electrons. The van der Waals surface area contributed by atoms with Crippen molar-refractivity contribution in [3.8, 4) is 11.5 Å². The van der Waals surface area contributed by atoms with Gasteiger partial charge in [0.2, 0.25) is 0 Å². The Morgan fingerprint density at radius 2 is 1.84 bits per heavy atom. The molecular weight excluding hydrogens is 343 g/mol. The van der Waals surface area contributed by atoms with Crippen LogP contribution in [0.3, 0.4) is 0 Å². The van der Waals surface area contributed by atoms with Gasteiger partial charge in [-0.25, -0.2) is 0 Å². The molecule has 2 rings (SSSR count). The van der Waals surface area contributed by atoms with Gasteiger partial charge in [-0.1, -0.05) is 12.1 Å². The van der Waals surface area contributed by atoms with Crippen molar-refractivity contribution in [1.82, 2.24) is 4.90 Å². The lowest BCUT2D eigenvalue weighted by Crippen LogP contribution is -2.40. The highest BCUT2D eigenvalue weighted by molar-refractivity contribution is 5.80. The molecule has 1 saturated heterocycles. The molecule has 0 aromatic heterocycles. The van der Waals surface area contributed by atoms with Crippen molar-refractivity contribution < 1.29 is 37.3 Å². The molecule has 2 unspecified atom stereocenters. The molecule has 2 atom stereocenters. The van der Waals surface area contributed by atoms with E-state index < -0.39 is 43.2 Å². The van der Waals surface area contributed by atoms with E-state index in [2.05, 4.69) is 4.74 Å². The van der Waals surface area contributed by atoms with E-state index in [1.807, 2.05) is 0 Å². The standard InChI is InChI=1S/C16H18F3NO5/c1-10-11(15(22)23)6-7-20(10)14(21)8-24-12-4-2-3-5-13(12)25-9-16(17,18)19/h2-5,10-11H,6-9H2,1H3,(H,22,23). The van der Waals surface area contributed by atoms with Crippen LogP contribution in [0, 0.1) is 5.92 Å². The summed E-state index contributed by atoms with van der Waals surface area (Å²) in [5, 5.41) is 9.07. The van der Waals surface area contributed by atoms with Gasteiger partial charge in [-0.05, 0) is 25.5 Å². The molecule has 6 nitrogen and oxygen atoms in total. The summed E-state index contributed by atoms with van der Waals surface area (Å²) in [6.07, 6.45) is -4.13. The van der Waals surface area contributed by atoms with Gasteiger partial charge in [0.25, 0.3) is 5.91 Å². The maximum Gasteiger partial charge on any atom is 0.422 e. The van der Waals surface area contributed by atoms with E-state index in [0.29, 0.717) is 13.0 Å². The smallest absolute Gasteiger partial charge is 0.422 e. The van der Waals surface area contributed by atoms with Crippen molar-refractivity contribution in [2.45, 2.75) is 25.6 Å². The lowest BCUT2D eigenvalue weighted by molar-refractivity contribution is -0.154. The summed E-state index contributed by atoms with van der Waals surface area (Å²) in [6, 6.07) is 5.27. The normalized spacial score (nSPS) is 20.4. The topological polar surface area (TPSA) is 76.1 Å². The molecule has 1 aliphatic heterocycles. The number of carbonyl (C=O) groups excluding carboxylic acids is 1. The molecule has 1 fully saturated rings. The summed E-state index contributed by atoms with van der Waals surface area (Å²) in [5.74, 6) is -2.13. The number of ether oxygens (including phenoxy) is 2. The fourth-order valence-electron chi connectivity index (χ4n) is 2.69. The van der Waals surface area contributed by atoms with Gasteiger partial charge in [-0.15, -0.1) is 0 Å². The minimum Gasteiger partial charge on any atom is -0.481 e. The monoisotopic (exact) mass is 361 g/mol. The van der Waals surface area contributed by atoms with E-state index in [0.717, 1.165) is 0 Å². The maximum atomic E-state index is 12.3. The maximum absolute atomic E-state index is 12.3. The number of rotatable bonds is 6. The van der Waals surface area contributed by atoms with Gasteiger partial charge in [0.05, 0.1) is 5.92 Å². The third kappa shape index (κ3) is 5.01. The van der Waals surface area contributed by atoms with Gasteiger partial charge in [0.15, 0.2) is 24.7 Å². The van der Waals surface area contributed by atoms with E-state index in [9.17, 15) is 22.8 Å². The number of carboxylic acid groups (broad SMARTS) is 1. The number of aliphatic carboxylic acids is 1. The van der Waals surface area contributed by atoms with Crippen LogP contribution in [-0.2, 0) is 9.59 Å². The number of likely N-dealkylation sites (tertiary alicyclic amines) is 1. The van der Waals surface area contributed by atoms with Crippen LogP contribution in [0.15, 0.2) is 24.3 Å². The van der Waals surface area contributed by atoms with Crippen LogP contribution >= 0.6 is 0 Å². The molecule has 1 aromatic carbocycles. The Morgan fingerprint density at radius 3 is 2.36 bits per heavy atom. The number of carbonyl (C=O) groups is 2. The molecule has 0 radical (unpaired) electrons. The van der Waals surface area contributed by atoms with Gasteiger partial charge in [0.1, 0.15) is 0 Å². The summed E-state index contributed by atoms with van der Waals surface area (Å²) in [4.78, 5) is 24.7. The van der Waals surface area contributed by atoms with Crippen molar-refractivity contribution in [1.29, 1.82) is 0 Å². The highest BCUT2D eigenvalue weighted by Crippen LogP contribution is 2.29. The molecule has 0 bridgehead atoms.